The van der Waals surface area contributed by atoms with Crippen LogP contribution in [0.1, 0.15) is 29.2 Å². The van der Waals surface area contributed by atoms with Crippen LogP contribution in [0.4, 0.5) is 5.69 Å². The maximum atomic E-state index is 3.37. The summed E-state index contributed by atoms with van der Waals surface area (Å²) in [4.78, 5) is 5.14. The van der Waals surface area contributed by atoms with Crippen LogP contribution in [0.25, 0.3) is 0 Å². The Hall–Kier alpha value is -1.32. The molecule has 0 aliphatic carbocycles. The van der Waals surface area contributed by atoms with E-state index in [1.165, 1.54) is 21.0 Å². The lowest BCUT2D eigenvalue weighted by Gasteiger charge is -2.18. The third-order valence-corrected chi connectivity index (χ3v) is 4.51. The van der Waals surface area contributed by atoms with Gasteiger partial charge in [0.1, 0.15) is 0 Å². The van der Waals surface area contributed by atoms with Crippen molar-refractivity contribution in [2.24, 2.45) is 0 Å². The van der Waals surface area contributed by atoms with E-state index in [0.717, 1.165) is 26.1 Å². The fourth-order valence-corrected chi connectivity index (χ4v) is 3.20. The van der Waals surface area contributed by atoms with Crippen LogP contribution in [0.3, 0.4) is 0 Å². The first-order valence-corrected chi connectivity index (χ1v) is 8.13. The first kappa shape index (κ1) is 15.1. The molecule has 0 spiro atoms. The van der Waals surface area contributed by atoms with Crippen molar-refractivity contribution in [1.82, 2.24) is 5.32 Å². The Labute approximate surface area is 126 Å². The Kier molecular flexibility index (Phi) is 5.62. The summed E-state index contributed by atoms with van der Waals surface area (Å²) in [7, 11) is 2.16. The van der Waals surface area contributed by atoms with E-state index in [-0.39, 0.29) is 0 Å². The second-order valence-electron chi connectivity index (χ2n) is 5.02. The van der Waals surface area contributed by atoms with Crippen molar-refractivity contribution in [2.75, 3.05) is 18.5 Å². The summed E-state index contributed by atoms with van der Waals surface area (Å²) in [5.74, 6) is 0. The Morgan fingerprint density at radius 2 is 1.70 bits per heavy atom. The van der Waals surface area contributed by atoms with E-state index in [4.69, 9.17) is 0 Å². The summed E-state index contributed by atoms with van der Waals surface area (Å²) >= 11 is 1.90. The van der Waals surface area contributed by atoms with Gasteiger partial charge in [-0.1, -0.05) is 26.0 Å². The van der Waals surface area contributed by atoms with Crippen LogP contribution in [0.2, 0.25) is 0 Å². The number of nitrogens with zero attached hydrogens (tertiary/aromatic N) is 1. The van der Waals surface area contributed by atoms with Gasteiger partial charge in [-0.25, -0.2) is 0 Å². The van der Waals surface area contributed by atoms with Gasteiger partial charge in [-0.15, -0.1) is 11.3 Å². The van der Waals surface area contributed by atoms with E-state index >= 15 is 0 Å². The highest BCUT2D eigenvalue weighted by Gasteiger charge is 2.05. The SMILES string of the molecule is CCNCc1ccc(CN(C)c2ccc(CC)cc2)s1. The van der Waals surface area contributed by atoms with Crippen molar-refractivity contribution in [3.05, 3.63) is 51.7 Å². The van der Waals surface area contributed by atoms with Crippen LogP contribution in [-0.4, -0.2) is 13.6 Å². The molecule has 0 bridgehead atoms. The summed E-state index contributed by atoms with van der Waals surface area (Å²) in [6.45, 7) is 7.31. The average Bonchev–Trinajstić information content (AvgIpc) is 2.92. The third kappa shape index (κ3) is 4.09. The maximum absolute atomic E-state index is 3.37. The second kappa shape index (κ2) is 7.46. The second-order valence-corrected chi connectivity index (χ2v) is 6.28. The zero-order valence-electron chi connectivity index (χ0n) is 12.6. The lowest BCUT2D eigenvalue weighted by atomic mass is 10.1. The zero-order chi connectivity index (χ0) is 14.4. The molecule has 0 amide bonds. The summed E-state index contributed by atoms with van der Waals surface area (Å²) < 4.78 is 0. The molecule has 0 saturated heterocycles. The van der Waals surface area contributed by atoms with Gasteiger partial charge in [0.25, 0.3) is 0 Å². The summed E-state index contributed by atoms with van der Waals surface area (Å²) in [6, 6.07) is 13.3. The highest BCUT2D eigenvalue weighted by molar-refractivity contribution is 7.12. The predicted octanol–water partition coefficient (Wildman–Crippen LogP) is 4.06. The van der Waals surface area contributed by atoms with Crippen LogP contribution in [-0.2, 0) is 19.5 Å². The molecule has 1 aromatic heterocycles. The Morgan fingerprint density at radius 1 is 1.00 bits per heavy atom. The molecule has 0 saturated carbocycles. The van der Waals surface area contributed by atoms with Gasteiger partial charge in [-0.2, -0.15) is 0 Å². The molecule has 0 atom stereocenters. The minimum Gasteiger partial charge on any atom is -0.369 e. The topological polar surface area (TPSA) is 15.3 Å². The lowest BCUT2D eigenvalue weighted by molar-refractivity contribution is 0.735. The standard InChI is InChI=1S/C17H24N2S/c1-4-14-6-8-15(9-7-14)19(3)13-17-11-10-16(20-17)12-18-5-2/h6-11,18H,4-5,12-13H2,1-3H3. The van der Waals surface area contributed by atoms with Crippen molar-refractivity contribution >= 4 is 17.0 Å². The van der Waals surface area contributed by atoms with Crippen LogP contribution < -0.4 is 10.2 Å². The number of thiophene rings is 1. The Balaban J connectivity index is 1.95. The number of hydrogen-bond donors (Lipinski definition) is 1. The molecule has 0 aliphatic heterocycles. The minimum absolute atomic E-state index is 0.974. The first-order valence-electron chi connectivity index (χ1n) is 7.31. The number of anilines is 1. The summed E-state index contributed by atoms with van der Waals surface area (Å²) in [5, 5.41) is 3.37. The highest BCUT2D eigenvalue weighted by atomic mass is 32.1. The smallest absolute Gasteiger partial charge is 0.0519 e. The maximum Gasteiger partial charge on any atom is 0.0519 e. The molecule has 2 nitrogen and oxygen atoms in total. The van der Waals surface area contributed by atoms with Gasteiger partial charge in [0.15, 0.2) is 0 Å². The van der Waals surface area contributed by atoms with E-state index < -0.39 is 0 Å². The van der Waals surface area contributed by atoms with Crippen molar-refractivity contribution < 1.29 is 0 Å². The molecule has 3 heteroatoms. The van der Waals surface area contributed by atoms with Gasteiger partial charge in [-0.05, 0) is 42.8 Å². The molecule has 2 rings (SSSR count). The van der Waals surface area contributed by atoms with Crippen LogP contribution in [0, 0.1) is 0 Å². The molecule has 0 fully saturated rings. The molecule has 108 valence electrons. The molecule has 0 radical (unpaired) electrons. The fraction of sp³-hybridized carbons (Fsp3) is 0.412. The van der Waals surface area contributed by atoms with Gasteiger partial charge in [-0.3, -0.25) is 0 Å². The van der Waals surface area contributed by atoms with Gasteiger partial charge in [0.2, 0.25) is 0 Å². The third-order valence-electron chi connectivity index (χ3n) is 3.44. The normalized spacial score (nSPS) is 10.8. The summed E-state index contributed by atoms with van der Waals surface area (Å²) in [6.07, 6.45) is 1.10. The Bertz CT molecular complexity index is 516. The zero-order valence-corrected chi connectivity index (χ0v) is 13.5. The van der Waals surface area contributed by atoms with Crippen molar-refractivity contribution in [2.45, 2.75) is 33.4 Å². The fourth-order valence-electron chi connectivity index (χ4n) is 2.16. The molecular formula is C17H24N2S. The molecule has 1 aromatic carbocycles. The van der Waals surface area contributed by atoms with Crippen molar-refractivity contribution in [3.8, 4) is 0 Å². The predicted molar refractivity (Wildman–Crippen MR) is 89.6 cm³/mol. The van der Waals surface area contributed by atoms with E-state index in [2.05, 4.69) is 67.5 Å². The molecule has 1 N–H and O–H groups in total. The number of aryl methyl sites for hydroxylation is 1. The molecular weight excluding hydrogens is 264 g/mol. The van der Waals surface area contributed by atoms with Crippen molar-refractivity contribution in [3.63, 3.8) is 0 Å². The van der Waals surface area contributed by atoms with Gasteiger partial charge < -0.3 is 10.2 Å². The Morgan fingerprint density at radius 3 is 2.35 bits per heavy atom. The first-order chi connectivity index (χ1) is 9.72. The van der Waals surface area contributed by atoms with Crippen LogP contribution >= 0.6 is 11.3 Å². The average molecular weight is 288 g/mol. The highest BCUT2D eigenvalue weighted by Crippen LogP contribution is 2.21. The quantitative estimate of drug-likeness (QED) is 0.826. The van der Waals surface area contributed by atoms with E-state index in [1.54, 1.807) is 0 Å². The van der Waals surface area contributed by atoms with Gasteiger partial charge >= 0.3 is 0 Å². The number of hydrogen-bond acceptors (Lipinski definition) is 3. The van der Waals surface area contributed by atoms with Crippen LogP contribution in [0.5, 0.6) is 0 Å². The molecule has 1 heterocycles. The van der Waals surface area contributed by atoms with Gasteiger partial charge in [0.05, 0.1) is 6.54 Å². The van der Waals surface area contributed by atoms with E-state index in [1.807, 2.05) is 11.3 Å². The van der Waals surface area contributed by atoms with Crippen LogP contribution in [0.15, 0.2) is 36.4 Å². The number of benzene rings is 1. The monoisotopic (exact) mass is 288 g/mol. The minimum atomic E-state index is 0.974. The van der Waals surface area contributed by atoms with Gasteiger partial charge in [0, 0.05) is 29.0 Å². The lowest BCUT2D eigenvalue weighted by Crippen LogP contribution is -2.15. The molecule has 0 aliphatic rings. The summed E-state index contributed by atoms with van der Waals surface area (Å²) in [5.41, 5.74) is 2.68. The van der Waals surface area contributed by atoms with E-state index in [9.17, 15) is 0 Å². The molecule has 20 heavy (non-hydrogen) atoms. The largest absolute Gasteiger partial charge is 0.369 e. The van der Waals surface area contributed by atoms with E-state index in [0.29, 0.717) is 0 Å². The number of nitrogens with one attached hydrogen (secondary N) is 1. The molecule has 0 unspecified atom stereocenters. The molecule has 2 aromatic rings. The van der Waals surface area contributed by atoms with Crippen molar-refractivity contribution in [1.29, 1.82) is 0 Å². The number of rotatable bonds is 7.